The number of alkyl halides is 3. The van der Waals surface area contributed by atoms with Gasteiger partial charge in [0.05, 0.1) is 28.0 Å². The van der Waals surface area contributed by atoms with Crippen molar-refractivity contribution in [1.29, 1.82) is 0 Å². The molecule has 0 bridgehead atoms. The Balaban J connectivity index is 1.54. The average molecular weight is 439 g/mol. The summed E-state index contributed by atoms with van der Waals surface area (Å²) in [6.45, 7) is 0. The summed E-state index contributed by atoms with van der Waals surface area (Å²) in [5.41, 5.74) is 0.0691. The summed E-state index contributed by atoms with van der Waals surface area (Å²) in [4.78, 5) is 21.8. The fraction of sp³-hybridized carbons (Fsp3) is 0.0476. The number of halogens is 3. The second-order valence-corrected chi connectivity index (χ2v) is 7.62. The number of para-hydroxylation sites is 1. The summed E-state index contributed by atoms with van der Waals surface area (Å²) in [6.07, 6.45) is -3.19. The minimum absolute atomic E-state index is 0.0694. The molecule has 0 fully saturated rings. The summed E-state index contributed by atoms with van der Waals surface area (Å²) >= 11 is 1.27. The minimum Gasteiger partial charge on any atom is -0.319 e. The highest BCUT2D eigenvalue weighted by Crippen LogP contribution is 2.33. The Morgan fingerprint density at radius 2 is 1.90 bits per heavy atom. The molecular weight excluding hydrogens is 427 g/mol. The Bertz CT molecular complexity index is 1430. The number of aromatic nitrogens is 4. The van der Waals surface area contributed by atoms with E-state index in [4.69, 9.17) is 0 Å². The number of carbonyl (C=O) groups is 1. The van der Waals surface area contributed by atoms with Gasteiger partial charge < -0.3 is 5.32 Å². The van der Waals surface area contributed by atoms with Gasteiger partial charge in [0.15, 0.2) is 17.0 Å². The number of anilines is 1. The van der Waals surface area contributed by atoms with E-state index in [1.165, 1.54) is 23.6 Å². The molecule has 6 nitrogen and oxygen atoms in total. The standard InChI is InChI=1S/C21H12F3N5OS/c22-21(23,24)18-9-15(17-6-3-7-31-17)27-19-10-16(28-29(18)19)20(30)26-13-8-12-4-1-2-5-14(12)25-11-13/h1-11H,(H,26,30). The van der Waals surface area contributed by atoms with Crippen molar-refractivity contribution in [3.63, 3.8) is 0 Å². The molecule has 5 aromatic rings. The van der Waals surface area contributed by atoms with Crippen LogP contribution in [0, 0.1) is 0 Å². The van der Waals surface area contributed by atoms with Crippen LogP contribution in [-0.4, -0.2) is 25.5 Å². The SMILES string of the molecule is O=C(Nc1cnc2ccccc2c1)c1cc2nc(-c3cccs3)cc(C(F)(F)F)n2n1. The molecule has 0 radical (unpaired) electrons. The van der Waals surface area contributed by atoms with Crippen LogP contribution in [0.25, 0.3) is 27.1 Å². The van der Waals surface area contributed by atoms with E-state index >= 15 is 0 Å². The van der Waals surface area contributed by atoms with E-state index in [1.807, 2.05) is 24.3 Å². The van der Waals surface area contributed by atoms with Gasteiger partial charge >= 0.3 is 6.18 Å². The van der Waals surface area contributed by atoms with Crippen molar-refractivity contribution < 1.29 is 18.0 Å². The van der Waals surface area contributed by atoms with Crippen LogP contribution < -0.4 is 5.32 Å². The predicted molar refractivity (Wildman–Crippen MR) is 111 cm³/mol. The quantitative estimate of drug-likeness (QED) is 0.415. The molecule has 0 aliphatic carbocycles. The average Bonchev–Trinajstić information content (AvgIpc) is 3.42. The molecule has 4 heterocycles. The lowest BCUT2D eigenvalue weighted by Crippen LogP contribution is -2.15. The van der Waals surface area contributed by atoms with Crippen molar-refractivity contribution in [2.75, 3.05) is 5.32 Å². The highest BCUT2D eigenvalue weighted by Gasteiger charge is 2.35. The number of hydrogen-bond donors (Lipinski definition) is 1. The zero-order valence-electron chi connectivity index (χ0n) is 15.6. The van der Waals surface area contributed by atoms with E-state index in [2.05, 4.69) is 20.4 Å². The van der Waals surface area contributed by atoms with Gasteiger partial charge in [-0.15, -0.1) is 11.3 Å². The van der Waals surface area contributed by atoms with E-state index in [0.29, 0.717) is 15.1 Å². The number of amides is 1. The molecule has 0 aliphatic rings. The van der Waals surface area contributed by atoms with Gasteiger partial charge in [-0.1, -0.05) is 24.3 Å². The van der Waals surface area contributed by atoms with Gasteiger partial charge in [-0.05, 0) is 29.6 Å². The summed E-state index contributed by atoms with van der Waals surface area (Å²) in [6, 6.07) is 14.7. The maximum absolute atomic E-state index is 13.7. The first-order valence-corrected chi connectivity index (χ1v) is 9.94. The maximum atomic E-state index is 13.7. The van der Waals surface area contributed by atoms with E-state index in [1.54, 1.807) is 23.6 Å². The van der Waals surface area contributed by atoms with E-state index < -0.39 is 17.8 Å². The third kappa shape index (κ3) is 3.61. The second-order valence-electron chi connectivity index (χ2n) is 6.67. The molecule has 4 aromatic heterocycles. The van der Waals surface area contributed by atoms with Gasteiger partial charge in [0, 0.05) is 11.5 Å². The monoisotopic (exact) mass is 439 g/mol. The number of benzene rings is 1. The molecule has 1 N–H and O–H groups in total. The van der Waals surface area contributed by atoms with Crippen molar-refractivity contribution in [1.82, 2.24) is 19.6 Å². The lowest BCUT2D eigenvalue weighted by molar-refractivity contribution is -0.142. The van der Waals surface area contributed by atoms with Crippen LogP contribution in [0.1, 0.15) is 16.2 Å². The Morgan fingerprint density at radius 3 is 2.68 bits per heavy atom. The van der Waals surface area contributed by atoms with Crippen molar-refractivity contribution in [3.05, 3.63) is 77.6 Å². The van der Waals surface area contributed by atoms with Gasteiger partial charge in [0.2, 0.25) is 0 Å². The van der Waals surface area contributed by atoms with Crippen LogP contribution in [-0.2, 0) is 6.18 Å². The summed E-state index contributed by atoms with van der Waals surface area (Å²) in [5.74, 6) is -0.659. The molecule has 0 aliphatic heterocycles. The number of rotatable bonds is 3. The molecular formula is C21H12F3N5OS. The number of pyridine rings is 1. The summed E-state index contributed by atoms with van der Waals surface area (Å²) in [7, 11) is 0. The zero-order chi connectivity index (χ0) is 21.6. The first-order chi connectivity index (χ1) is 14.9. The normalized spacial score (nSPS) is 11.8. The van der Waals surface area contributed by atoms with Crippen LogP contribution in [0.5, 0.6) is 0 Å². The predicted octanol–water partition coefficient (Wildman–Crippen LogP) is 5.28. The molecule has 154 valence electrons. The zero-order valence-corrected chi connectivity index (χ0v) is 16.4. The lowest BCUT2D eigenvalue weighted by Gasteiger charge is -2.10. The third-order valence-corrected chi connectivity index (χ3v) is 5.46. The first-order valence-electron chi connectivity index (χ1n) is 9.06. The lowest BCUT2D eigenvalue weighted by atomic mass is 10.2. The first kappa shape index (κ1) is 19.2. The number of nitrogens with one attached hydrogen (secondary N) is 1. The van der Waals surface area contributed by atoms with Crippen molar-refractivity contribution in [2.24, 2.45) is 0 Å². The third-order valence-electron chi connectivity index (χ3n) is 4.57. The summed E-state index contributed by atoms with van der Waals surface area (Å²) < 4.78 is 41.6. The minimum atomic E-state index is -4.67. The number of fused-ring (bicyclic) bond motifs is 2. The van der Waals surface area contributed by atoms with Gasteiger partial charge in [-0.3, -0.25) is 9.78 Å². The van der Waals surface area contributed by atoms with Gasteiger partial charge in [-0.25, -0.2) is 9.50 Å². The van der Waals surface area contributed by atoms with Crippen LogP contribution in [0.15, 0.2) is 66.2 Å². The van der Waals surface area contributed by atoms with E-state index in [0.717, 1.165) is 17.0 Å². The number of nitrogens with zero attached hydrogens (tertiary/aromatic N) is 4. The van der Waals surface area contributed by atoms with Crippen molar-refractivity contribution in [3.8, 4) is 10.6 Å². The number of thiophene rings is 1. The molecule has 31 heavy (non-hydrogen) atoms. The molecule has 0 spiro atoms. The molecule has 5 rings (SSSR count). The number of carbonyl (C=O) groups excluding carboxylic acids is 1. The molecule has 0 saturated carbocycles. The van der Waals surface area contributed by atoms with Gasteiger partial charge in [0.1, 0.15) is 0 Å². The van der Waals surface area contributed by atoms with E-state index in [9.17, 15) is 18.0 Å². The van der Waals surface area contributed by atoms with Crippen molar-refractivity contribution >= 4 is 39.5 Å². The molecule has 0 saturated heterocycles. The molecule has 0 atom stereocenters. The maximum Gasteiger partial charge on any atom is 0.433 e. The Labute approximate surface area is 177 Å². The van der Waals surface area contributed by atoms with Crippen LogP contribution >= 0.6 is 11.3 Å². The fourth-order valence-electron chi connectivity index (χ4n) is 3.17. The molecule has 1 amide bonds. The van der Waals surface area contributed by atoms with Crippen LogP contribution in [0.2, 0.25) is 0 Å². The summed E-state index contributed by atoms with van der Waals surface area (Å²) in [5, 5.41) is 9.06. The molecule has 1 aromatic carbocycles. The Morgan fingerprint density at radius 1 is 1.06 bits per heavy atom. The number of hydrogen-bond acceptors (Lipinski definition) is 5. The molecule has 0 unspecified atom stereocenters. The second kappa shape index (κ2) is 7.17. The Hall–Kier alpha value is -3.79. The van der Waals surface area contributed by atoms with E-state index in [-0.39, 0.29) is 17.0 Å². The van der Waals surface area contributed by atoms with Crippen LogP contribution in [0.4, 0.5) is 18.9 Å². The highest BCUT2D eigenvalue weighted by atomic mass is 32.1. The molecule has 10 heteroatoms. The smallest absolute Gasteiger partial charge is 0.319 e. The van der Waals surface area contributed by atoms with Crippen molar-refractivity contribution in [2.45, 2.75) is 6.18 Å². The van der Waals surface area contributed by atoms with Gasteiger partial charge in [-0.2, -0.15) is 18.3 Å². The highest BCUT2D eigenvalue weighted by molar-refractivity contribution is 7.13. The van der Waals surface area contributed by atoms with Crippen LogP contribution in [0.3, 0.4) is 0 Å². The van der Waals surface area contributed by atoms with Gasteiger partial charge in [0.25, 0.3) is 5.91 Å². The Kier molecular flexibility index (Phi) is 4.44. The largest absolute Gasteiger partial charge is 0.433 e. The topological polar surface area (TPSA) is 72.2 Å². The fourth-order valence-corrected chi connectivity index (χ4v) is 3.86.